The molecule has 0 aliphatic rings. The van der Waals surface area contributed by atoms with Crippen LogP contribution in [0.15, 0.2) is 30.3 Å². The van der Waals surface area contributed by atoms with Gasteiger partial charge in [0.25, 0.3) is 0 Å². The molecule has 0 amide bonds. The quantitative estimate of drug-likeness (QED) is 0.728. The Morgan fingerprint density at radius 2 is 2.15 bits per heavy atom. The Kier molecular flexibility index (Phi) is 2.92. The van der Waals surface area contributed by atoms with Gasteiger partial charge in [-0.25, -0.2) is 9.37 Å². The minimum Gasteiger partial charge on any atom is -0.338 e. The maximum absolute atomic E-state index is 13.9. The highest BCUT2D eigenvalue weighted by molar-refractivity contribution is 6.33. The van der Waals surface area contributed by atoms with E-state index in [9.17, 15) is 4.39 Å². The highest BCUT2D eigenvalue weighted by Gasteiger charge is 2.15. The number of nitriles is 1. The van der Waals surface area contributed by atoms with E-state index in [0.717, 1.165) is 5.56 Å². The molecule has 3 rings (SSSR count). The minimum absolute atomic E-state index is 0.239. The Balaban J connectivity index is 2.29. The van der Waals surface area contributed by atoms with Gasteiger partial charge in [0.1, 0.15) is 11.6 Å². The van der Waals surface area contributed by atoms with Gasteiger partial charge in [-0.3, -0.25) is 0 Å². The number of fused-ring (bicyclic) bond motifs is 1. The summed E-state index contributed by atoms with van der Waals surface area (Å²) >= 11 is 6.04. The molecule has 3 nitrogen and oxygen atoms in total. The summed E-state index contributed by atoms with van der Waals surface area (Å²) in [5.41, 5.74) is 3.02. The lowest BCUT2D eigenvalue weighted by Crippen LogP contribution is -1.87. The highest BCUT2D eigenvalue weighted by Crippen LogP contribution is 2.30. The zero-order valence-electron chi connectivity index (χ0n) is 10.5. The Hall–Kier alpha value is -2.38. The number of hydrogen-bond acceptors (Lipinski definition) is 2. The van der Waals surface area contributed by atoms with E-state index >= 15 is 0 Å². The van der Waals surface area contributed by atoms with Crippen LogP contribution in [0.25, 0.3) is 22.4 Å². The molecule has 2 aromatic carbocycles. The molecule has 1 N–H and O–H groups in total. The van der Waals surface area contributed by atoms with Gasteiger partial charge >= 0.3 is 0 Å². The molecule has 20 heavy (non-hydrogen) atoms. The van der Waals surface area contributed by atoms with Gasteiger partial charge in [0.05, 0.1) is 33.3 Å². The van der Waals surface area contributed by atoms with Gasteiger partial charge in [-0.15, -0.1) is 0 Å². The van der Waals surface area contributed by atoms with Crippen LogP contribution in [-0.4, -0.2) is 9.97 Å². The van der Waals surface area contributed by atoms with E-state index in [2.05, 4.69) is 16.0 Å². The summed E-state index contributed by atoms with van der Waals surface area (Å²) < 4.78 is 13.9. The molecule has 3 aromatic rings. The molecule has 0 unspecified atom stereocenters. The molecule has 0 radical (unpaired) electrons. The maximum atomic E-state index is 13.9. The first-order valence-corrected chi connectivity index (χ1v) is 6.33. The first-order valence-electron chi connectivity index (χ1n) is 5.95. The van der Waals surface area contributed by atoms with Crippen molar-refractivity contribution >= 4 is 22.6 Å². The summed E-state index contributed by atoms with van der Waals surface area (Å²) in [5, 5.41) is 9.26. The van der Waals surface area contributed by atoms with Crippen LogP contribution in [0.2, 0.25) is 5.02 Å². The summed E-state index contributed by atoms with van der Waals surface area (Å²) in [6.07, 6.45) is 0. The second-order valence-electron chi connectivity index (χ2n) is 4.48. The largest absolute Gasteiger partial charge is 0.338 e. The summed E-state index contributed by atoms with van der Waals surface area (Å²) in [6.45, 7) is 1.86. The zero-order chi connectivity index (χ0) is 14.3. The van der Waals surface area contributed by atoms with Crippen LogP contribution in [0.3, 0.4) is 0 Å². The van der Waals surface area contributed by atoms with Crippen molar-refractivity contribution in [1.82, 2.24) is 9.97 Å². The van der Waals surface area contributed by atoms with E-state index in [1.807, 2.05) is 6.92 Å². The molecule has 0 bridgehead atoms. The van der Waals surface area contributed by atoms with E-state index in [1.165, 1.54) is 6.07 Å². The fraction of sp³-hybridized carbons (Fsp3) is 0.0667. The predicted octanol–water partition coefficient (Wildman–Crippen LogP) is 4.20. The molecule has 1 heterocycles. The molecule has 0 fully saturated rings. The number of aryl methyl sites for hydroxylation is 1. The van der Waals surface area contributed by atoms with Crippen LogP contribution in [0.5, 0.6) is 0 Å². The number of rotatable bonds is 1. The number of halogens is 2. The number of H-pyrrole nitrogens is 1. The summed E-state index contributed by atoms with van der Waals surface area (Å²) in [4.78, 5) is 7.41. The Morgan fingerprint density at radius 3 is 2.85 bits per heavy atom. The number of nitrogens with zero attached hydrogens (tertiary/aromatic N) is 2. The second-order valence-corrected chi connectivity index (χ2v) is 4.89. The molecule has 1 aromatic heterocycles. The molecule has 0 aliphatic carbocycles. The van der Waals surface area contributed by atoms with Gasteiger partial charge < -0.3 is 4.98 Å². The van der Waals surface area contributed by atoms with E-state index in [0.29, 0.717) is 27.4 Å². The minimum atomic E-state index is -0.435. The molecule has 0 saturated carbocycles. The smallest absolute Gasteiger partial charge is 0.142 e. The van der Waals surface area contributed by atoms with Crippen LogP contribution in [0.4, 0.5) is 4.39 Å². The molecule has 0 spiro atoms. The van der Waals surface area contributed by atoms with Crippen LogP contribution >= 0.6 is 11.6 Å². The molecule has 5 heteroatoms. The van der Waals surface area contributed by atoms with Crippen molar-refractivity contribution in [2.24, 2.45) is 0 Å². The first kappa shape index (κ1) is 12.6. The summed E-state index contributed by atoms with van der Waals surface area (Å²) in [5.74, 6) is -0.0731. The van der Waals surface area contributed by atoms with E-state index in [-0.39, 0.29) is 5.56 Å². The number of nitrogens with one attached hydrogen (secondary N) is 1. The lowest BCUT2D eigenvalue weighted by atomic mass is 10.1. The molecule has 0 atom stereocenters. The number of benzene rings is 2. The topological polar surface area (TPSA) is 52.5 Å². The van der Waals surface area contributed by atoms with Crippen molar-refractivity contribution in [3.05, 3.63) is 52.3 Å². The van der Waals surface area contributed by atoms with Gasteiger partial charge in [-0.2, -0.15) is 5.26 Å². The van der Waals surface area contributed by atoms with E-state index < -0.39 is 5.82 Å². The molecule has 0 aliphatic heterocycles. The van der Waals surface area contributed by atoms with Gasteiger partial charge in [-0.1, -0.05) is 17.7 Å². The van der Waals surface area contributed by atoms with Gasteiger partial charge in [0.2, 0.25) is 0 Å². The monoisotopic (exact) mass is 285 g/mol. The first-order chi connectivity index (χ1) is 9.60. The number of hydrogen-bond donors (Lipinski definition) is 1. The maximum Gasteiger partial charge on any atom is 0.142 e. The number of aromatic amines is 1. The molecular formula is C15H9ClFN3. The normalized spacial score (nSPS) is 10.7. The zero-order valence-corrected chi connectivity index (χ0v) is 11.3. The SMILES string of the molecule is Cc1cc(C#N)cc2[nH]c(-c3c(F)cccc3Cl)nc12. The van der Waals surface area contributed by atoms with Gasteiger partial charge in [-0.05, 0) is 36.8 Å². The summed E-state index contributed by atoms with van der Waals surface area (Å²) in [7, 11) is 0. The van der Waals surface area contributed by atoms with Crippen LogP contribution in [0.1, 0.15) is 11.1 Å². The summed E-state index contributed by atoms with van der Waals surface area (Å²) in [6, 6.07) is 10.0. The fourth-order valence-corrected chi connectivity index (χ4v) is 2.45. The Bertz CT molecular complexity index is 841. The molecule has 98 valence electrons. The van der Waals surface area contributed by atoms with Crippen molar-refractivity contribution in [3.63, 3.8) is 0 Å². The van der Waals surface area contributed by atoms with Crippen LogP contribution in [-0.2, 0) is 0 Å². The lowest BCUT2D eigenvalue weighted by Gasteiger charge is -2.01. The van der Waals surface area contributed by atoms with Crippen LogP contribution in [0, 0.1) is 24.1 Å². The Labute approximate surface area is 119 Å². The molecular weight excluding hydrogens is 277 g/mol. The third kappa shape index (κ3) is 1.93. The third-order valence-electron chi connectivity index (χ3n) is 3.11. The van der Waals surface area contributed by atoms with Gasteiger partial charge in [0.15, 0.2) is 0 Å². The second kappa shape index (κ2) is 4.62. The fourth-order valence-electron chi connectivity index (χ4n) is 2.20. The average Bonchev–Trinajstić information content (AvgIpc) is 2.82. The van der Waals surface area contributed by atoms with Crippen molar-refractivity contribution in [2.75, 3.05) is 0 Å². The Morgan fingerprint density at radius 1 is 1.35 bits per heavy atom. The van der Waals surface area contributed by atoms with Crippen molar-refractivity contribution < 1.29 is 4.39 Å². The lowest BCUT2D eigenvalue weighted by molar-refractivity contribution is 0.630. The van der Waals surface area contributed by atoms with E-state index in [4.69, 9.17) is 16.9 Å². The predicted molar refractivity (Wildman–Crippen MR) is 75.9 cm³/mol. The third-order valence-corrected chi connectivity index (χ3v) is 3.42. The van der Waals surface area contributed by atoms with Gasteiger partial charge in [0, 0.05) is 0 Å². The standard InChI is InChI=1S/C15H9ClFN3/c1-8-5-9(7-18)6-12-14(8)20-15(19-12)13-10(16)3-2-4-11(13)17/h2-6H,1H3,(H,19,20). The number of aromatic nitrogens is 2. The van der Waals surface area contributed by atoms with Crippen molar-refractivity contribution in [1.29, 1.82) is 5.26 Å². The highest BCUT2D eigenvalue weighted by atomic mass is 35.5. The molecule has 0 saturated heterocycles. The number of imidazole rings is 1. The van der Waals surface area contributed by atoms with Crippen molar-refractivity contribution in [3.8, 4) is 17.5 Å². The van der Waals surface area contributed by atoms with E-state index in [1.54, 1.807) is 24.3 Å². The van der Waals surface area contributed by atoms with Crippen LogP contribution < -0.4 is 0 Å². The van der Waals surface area contributed by atoms with Crippen molar-refractivity contribution in [2.45, 2.75) is 6.92 Å². The average molecular weight is 286 g/mol.